The number of phenols is 2. The molecule has 5 heteroatoms. The predicted octanol–water partition coefficient (Wildman–Crippen LogP) is 3.29. The molecular formula is C18H18O5. The van der Waals surface area contributed by atoms with E-state index in [1.54, 1.807) is 36.4 Å². The largest absolute Gasteiger partial charge is 0.508 e. The van der Waals surface area contributed by atoms with E-state index in [1.807, 2.05) is 0 Å². The lowest BCUT2D eigenvalue weighted by atomic mass is 9.96. The molecule has 2 rings (SSSR count). The number of carbonyl (C=O) groups is 1. The van der Waals surface area contributed by atoms with E-state index in [2.05, 4.69) is 0 Å². The molecule has 23 heavy (non-hydrogen) atoms. The standard InChI is InChI=1S/C18H18O5/c1-12(18(21)22)10-13(14-6-2-3-7-15(14)19)11-23-17-9-5-4-8-16(17)20/h2-10,13,19-20H,11H2,1H3,(H,21,22)/t13-/m1/s1. The Labute approximate surface area is 134 Å². The monoisotopic (exact) mass is 314 g/mol. The number of carboxylic acids is 1. The maximum atomic E-state index is 11.1. The molecule has 120 valence electrons. The molecule has 5 nitrogen and oxygen atoms in total. The van der Waals surface area contributed by atoms with E-state index in [-0.39, 0.29) is 23.7 Å². The number of benzene rings is 2. The average Bonchev–Trinajstić information content (AvgIpc) is 2.53. The number of aliphatic carboxylic acids is 1. The maximum Gasteiger partial charge on any atom is 0.330 e. The van der Waals surface area contributed by atoms with E-state index in [0.29, 0.717) is 11.3 Å². The summed E-state index contributed by atoms with van der Waals surface area (Å²) in [5.41, 5.74) is 0.711. The van der Waals surface area contributed by atoms with Crippen molar-refractivity contribution in [1.82, 2.24) is 0 Å². The Kier molecular flexibility index (Phi) is 5.25. The van der Waals surface area contributed by atoms with Crippen LogP contribution in [0.5, 0.6) is 17.2 Å². The lowest BCUT2D eigenvalue weighted by Crippen LogP contribution is -2.11. The zero-order chi connectivity index (χ0) is 16.8. The van der Waals surface area contributed by atoms with Gasteiger partial charge in [-0.3, -0.25) is 0 Å². The zero-order valence-corrected chi connectivity index (χ0v) is 12.6. The molecule has 0 aromatic heterocycles. The van der Waals surface area contributed by atoms with E-state index in [4.69, 9.17) is 9.84 Å². The molecule has 0 aliphatic carbocycles. The summed E-state index contributed by atoms with van der Waals surface area (Å²) < 4.78 is 5.59. The molecule has 0 spiro atoms. The molecule has 0 saturated carbocycles. The van der Waals surface area contributed by atoms with Crippen LogP contribution in [0, 0.1) is 0 Å². The summed E-state index contributed by atoms with van der Waals surface area (Å²) in [5, 5.41) is 28.8. The second-order valence-electron chi connectivity index (χ2n) is 5.10. The predicted molar refractivity (Wildman–Crippen MR) is 85.8 cm³/mol. The highest BCUT2D eigenvalue weighted by molar-refractivity contribution is 5.86. The molecule has 0 radical (unpaired) electrons. The number of ether oxygens (including phenoxy) is 1. The fourth-order valence-electron chi connectivity index (χ4n) is 2.16. The van der Waals surface area contributed by atoms with Crippen molar-refractivity contribution in [3.8, 4) is 17.2 Å². The Bertz CT molecular complexity index is 721. The topological polar surface area (TPSA) is 87.0 Å². The van der Waals surface area contributed by atoms with Gasteiger partial charge < -0.3 is 20.1 Å². The Morgan fingerprint density at radius 2 is 1.70 bits per heavy atom. The fraction of sp³-hybridized carbons (Fsp3) is 0.167. The smallest absolute Gasteiger partial charge is 0.330 e. The molecule has 2 aromatic carbocycles. The van der Waals surface area contributed by atoms with Gasteiger partial charge in [0.05, 0.1) is 6.61 Å². The van der Waals surface area contributed by atoms with Crippen LogP contribution < -0.4 is 4.74 Å². The van der Waals surface area contributed by atoms with Gasteiger partial charge >= 0.3 is 5.97 Å². The van der Waals surface area contributed by atoms with Crippen LogP contribution in [0.15, 0.2) is 60.2 Å². The number of hydrogen-bond acceptors (Lipinski definition) is 4. The van der Waals surface area contributed by atoms with Crippen LogP contribution in [-0.2, 0) is 4.79 Å². The first-order valence-corrected chi connectivity index (χ1v) is 7.09. The van der Waals surface area contributed by atoms with Crippen LogP contribution in [0.25, 0.3) is 0 Å². The van der Waals surface area contributed by atoms with Gasteiger partial charge in [0, 0.05) is 17.1 Å². The van der Waals surface area contributed by atoms with Gasteiger partial charge in [-0.1, -0.05) is 36.4 Å². The quantitative estimate of drug-likeness (QED) is 0.712. The summed E-state index contributed by atoms with van der Waals surface area (Å²) in [4.78, 5) is 11.1. The summed E-state index contributed by atoms with van der Waals surface area (Å²) >= 11 is 0. The first-order valence-electron chi connectivity index (χ1n) is 7.09. The molecule has 2 aromatic rings. The highest BCUT2D eigenvalue weighted by Crippen LogP contribution is 2.30. The van der Waals surface area contributed by atoms with Gasteiger partial charge in [0.25, 0.3) is 0 Å². The van der Waals surface area contributed by atoms with Crippen molar-refractivity contribution < 1.29 is 24.9 Å². The van der Waals surface area contributed by atoms with Crippen molar-refractivity contribution >= 4 is 5.97 Å². The molecule has 0 heterocycles. The number of aromatic hydroxyl groups is 2. The molecule has 0 fully saturated rings. The molecule has 3 N–H and O–H groups in total. The number of phenolic OH excluding ortho intramolecular Hbond substituents is 2. The molecule has 0 aliphatic heterocycles. The van der Waals surface area contributed by atoms with Gasteiger partial charge in [-0.2, -0.15) is 0 Å². The second-order valence-corrected chi connectivity index (χ2v) is 5.10. The summed E-state index contributed by atoms with van der Waals surface area (Å²) in [7, 11) is 0. The maximum absolute atomic E-state index is 11.1. The normalized spacial score (nSPS) is 12.7. The van der Waals surface area contributed by atoms with Crippen molar-refractivity contribution in [3.05, 3.63) is 65.7 Å². The highest BCUT2D eigenvalue weighted by atomic mass is 16.5. The lowest BCUT2D eigenvalue weighted by molar-refractivity contribution is -0.132. The summed E-state index contributed by atoms with van der Waals surface area (Å²) in [6, 6.07) is 13.2. The van der Waals surface area contributed by atoms with E-state index in [0.717, 1.165) is 0 Å². The lowest BCUT2D eigenvalue weighted by Gasteiger charge is -2.17. The molecule has 0 bridgehead atoms. The molecule has 0 aliphatic rings. The van der Waals surface area contributed by atoms with Crippen molar-refractivity contribution in [2.45, 2.75) is 12.8 Å². The van der Waals surface area contributed by atoms with Gasteiger partial charge in [0.15, 0.2) is 11.5 Å². The summed E-state index contributed by atoms with van der Waals surface area (Å²) in [6.07, 6.45) is 1.53. The number of carboxylic acid groups (broad SMARTS) is 1. The van der Waals surface area contributed by atoms with Gasteiger partial charge in [-0.15, -0.1) is 0 Å². The Morgan fingerprint density at radius 3 is 2.30 bits per heavy atom. The zero-order valence-electron chi connectivity index (χ0n) is 12.6. The van der Waals surface area contributed by atoms with E-state index in [9.17, 15) is 15.0 Å². The SMILES string of the molecule is CC(=C[C@H](COc1ccccc1O)c1ccccc1O)C(=O)O. The Morgan fingerprint density at radius 1 is 1.09 bits per heavy atom. The molecule has 0 unspecified atom stereocenters. The van der Waals surface area contributed by atoms with Gasteiger partial charge in [0.2, 0.25) is 0 Å². The van der Waals surface area contributed by atoms with Crippen molar-refractivity contribution in [2.75, 3.05) is 6.61 Å². The minimum atomic E-state index is -1.03. The molecule has 0 amide bonds. The van der Waals surface area contributed by atoms with E-state index in [1.165, 1.54) is 25.1 Å². The van der Waals surface area contributed by atoms with Gasteiger partial charge in [-0.25, -0.2) is 4.79 Å². The van der Waals surface area contributed by atoms with Crippen LogP contribution >= 0.6 is 0 Å². The van der Waals surface area contributed by atoms with Crippen molar-refractivity contribution in [1.29, 1.82) is 0 Å². The Hall–Kier alpha value is -2.95. The minimum Gasteiger partial charge on any atom is -0.508 e. The number of para-hydroxylation sites is 3. The van der Waals surface area contributed by atoms with Crippen LogP contribution in [-0.4, -0.2) is 27.9 Å². The number of rotatable bonds is 6. The van der Waals surface area contributed by atoms with E-state index >= 15 is 0 Å². The average molecular weight is 314 g/mol. The van der Waals surface area contributed by atoms with Gasteiger partial charge in [0.1, 0.15) is 5.75 Å². The first-order chi connectivity index (χ1) is 11.0. The van der Waals surface area contributed by atoms with Crippen LogP contribution in [0.1, 0.15) is 18.4 Å². The summed E-state index contributed by atoms with van der Waals surface area (Å²) in [6.45, 7) is 1.56. The second kappa shape index (κ2) is 7.35. The van der Waals surface area contributed by atoms with Crippen LogP contribution in [0.3, 0.4) is 0 Å². The van der Waals surface area contributed by atoms with Crippen molar-refractivity contribution in [2.24, 2.45) is 0 Å². The van der Waals surface area contributed by atoms with Gasteiger partial charge in [-0.05, 0) is 25.1 Å². The Balaban J connectivity index is 2.27. The van der Waals surface area contributed by atoms with Crippen LogP contribution in [0.2, 0.25) is 0 Å². The fourth-order valence-corrected chi connectivity index (χ4v) is 2.16. The third kappa shape index (κ3) is 4.26. The highest BCUT2D eigenvalue weighted by Gasteiger charge is 2.16. The van der Waals surface area contributed by atoms with E-state index < -0.39 is 11.9 Å². The summed E-state index contributed by atoms with van der Waals surface area (Å²) in [5.74, 6) is -1.13. The van der Waals surface area contributed by atoms with Crippen LogP contribution in [0.4, 0.5) is 0 Å². The molecule has 0 saturated heterocycles. The third-order valence-corrected chi connectivity index (χ3v) is 3.41. The molecule has 1 atom stereocenters. The third-order valence-electron chi connectivity index (χ3n) is 3.41. The molecular weight excluding hydrogens is 296 g/mol. The van der Waals surface area contributed by atoms with Crippen molar-refractivity contribution in [3.63, 3.8) is 0 Å². The first kappa shape index (κ1) is 16.4. The minimum absolute atomic E-state index is 0.00229. The number of hydrogen-bond donors (Lipinski definition) is 3.